The maximum atomic E-state index is 13.0. The minimum absolute atomic E-state index is 0.416. The lowest BCUT2D eigenvalue weighted by molar-refractivity contribution is -0.137. The molecule has 0 saturated carbocycles. The number of rotatable bonds is 3. The molecule has 25 heavy (non-hydrogen) atoms. The molecule has 0 atom stereocenters. The van der Waals surface area contributed by atoms with Crippen molar-refractivity contribution in [1.82, 2.24) is 9.78 Å². The van der Waals surface area contributed by atoms with Gasteiger partial charge < -0.3 is 5.32 Å². The van der Waals surface area contributed by atoms with Gasteiger partial charge in [0.15, 0.2) is 0 Å². The summed E-state index contributed by atoms with van der Waals surface area (Å²) >= 11 is 0. The quantitative estimate of drug-likeness (QED) is 0.761. The van der Waals surface area contributed by atoms with Crippen LogP contribution in [-0.4, -0.2) is 16.3 Å². The van der Waals surface area contributed by atoms with Crippen LogP contribution in [0.25, 0.3) is 5.69 Å². The monoisotopic (exact) mass is 343 g/mol. The molecule has 6 heteroatoms. The van der Waals surface area contributed by atoms with Gasteiger partial charge in [-0.3, -0.25) is 0 Å². The van der Waals surface area contributed by atoms with Crippen LogP contribution in [0.3, 0.4) is 0 Å². The van der Waals surface area contributed by atoms with Crippen molar-refractivity contribution in [3.63, 3.8) is 0 Å². The van der Waals surface area contributed by atoms with Gasteiger partial charge in [-0.1, -0.05) is 36.4 Å². The lowest BCUT2D eigenvalue weighted by Crippen LogP contribution is -2.08. The Kier molecular flexibility index (Phi) is 3.75. The van der Waals surface area contributed by atoms with E-state index in [1.807, 2.05) is 30.3 Å². The zero-order valence-corrected chi connectivity index (χ0v) is 13.3. The number of nitrogens with zero attached hydrogens (tertiary/aromatic N) is 2. The molecule has 1 N–H and O–H groups in total. The summed E-state index contributed by atoms with van der Waals surface area (Å²) in [7, 11) is 0. The average molecular weight is 343 g/mol. The zero-order valence-electron chi connectivity index (χ0n) is 13.3. The molecular formula is C19H16F3N3. The second-order valence-electron chi connectivity index (χ2n) is 6.07. The van der Waals surface area contributed by atoms with E-state index in [4.69, 9.17) is 0 Å². The molecule has 128 valence electrons. The Morgan fingerprint density at radius 2 is 1.84 bits per heavy atom. The second-order valence-corrected chi connectivity index (χ2v) is 6.07. The number of fused-ring (bicyclic) bond motifs is 1. The van der Waals surface area contributed by atoms with E-state index >= 15 is 0 Å². The van der Waals surface area contributed by atoms with Gasteiger partial charge in [0.2, 0.25) is 0 Å². The minimum Gasteiger partial charge on any atom is -0.369 e. The molecule has 3 aromatic rings. The summed E-state index contributed by atoms with van der Waals surface area (Å²) in [6.45, 7) is 0.772. The van der Waals surface area contributed by atoms with Crippen LogP contribution in [0, 0.1) is 0 Å². The van der Waals surface area contributed by atoms with Crippen LogP contribution in [0.5, 0.6) is 0 Å². The molecular weight excluding hydrogens is 327 g/mol. The third-order valence-electron chi connectivity index (χ3n) is 4.37. The standard InChI is InChI=1S/C19H16F3N3/c20-19(21,22)14-7-4-8-15(12-14)25-18-16(9-10-23-18)17(24-25)11-13-5-2-1-3-6-13/h1-8,12,23H,9-11H2. The summed E-state index contributed by atoms with van der Waals surface area (Å²) in [6.07, 6.45) is -2.88. The lowest BCUT2D eigenvalue weighted by Gasteiger charge is -2.10. The summed E-state index contributed by atoms with van der Waals surface area (Å²) in [5.41, 5.74) is 2.87. The van der Waals surface area contributed by atoms with Gasteiger partial charge in [-0.2, -0.15) is 18.3 Å². The first-order valence-electron chi connectivity index (χ1n) is 8.08. The second kappa shape index (κ2) is 5.95. The van der Waals surface area contributed by atoms with Crippen LogP contribution in [0.4, 0.5) is 19.0 Å². The molecule has 0 spiro atoms. The molecule has 1 aliphatic heterocycles. The number of nitrogens with one attached hydrogen (secondary N) is 1. The van der Waals surface area contributed by atoms with Crippen molar-refractivity contribution in [3.8, 4) is 5.69 Å². The highest BCUT2D eigenvalue weighted by molar-refractivity contribution is 5.58. The first kappa shape index (κ1) is 15.7. The summed E-state index contributed by atoms with van der Waals surface area (Å²) in [5.74, 6) is 0.797. The maximum absolute atomic E-state index is 13.0. The van der Waals surface area contributed by atoms with Crippen LogP contribution in [0.1, 0.15) is 22.4 Å². The van der Waals surface area contributed by atoms with E-state index in [1.54, 1.807) is 10.7 Å². The first-order valence-corrected chi connectivity index (χ1v) is 8.08. The van der Waals surface area contributed by atoms with Crippen molar-refractivity contribution in [2.75, 3.05) is 11.9 Å². The van der Waals surface area contributed by atoms with Crippen LogP contribution in [-0.2, 0) is 19.0 Å². The lowest BCUT2D eigenvalue weighted by atomic mass is 10.1. The first-order chi connectivity index (χ1) is 12.0. The van der Waals surface area contributed by atoms with Gasteiger partial charge in [0.1, 0.15) is 5.82 Å². The molecule has 3 nitrogen and oxygen atoms in total. The van der Waals surface area contributed by atoms with Gasteiger partial charge >= 0.3 is 6.18 Å². The SMILES string of the molecule is FC(F)(F)c1cccc(-n2nc(Cc3ccccc3)c3c2NCC3)c1. The minimum atomic E-state index is -4.37. The van der Waals surface area contributed by atoms with Crippen molar-refractivity contribution in [1.29, 1.82) is 0 Å². The van der Waals surface area contributed by atoms with Crippen LogP contribution in [0.15, 0.2) is 54.6 Å². The number of halogens is 3. The predicted molar refractivity (Wildman–Crippen MR) is 90.0 cm³/mol. The highest BCUT2D eigenvalue weighted by Crippen LogP contribution is 2.33. The van der Waals surface area contributed by atoms with Crippen molar-refractivity contribution >= 4 is 5.82 Å². The number of benzene rings is 2. The topological polar surface area (TPSA) is 29.9 Å². The Morgan fingerprint density at radius 1 is 1.04 bits per heavy atom. The van der Waals surface area contributed by atoms with E-state index in [0.717, 1.165) is 47.7 Å². The van der Waals surface area contributed by atoms with Gasteiger partial charge in [-0.25, -0.2) is 4.68 Å². The van der Waals surface area contributed by atoms with E-state index < -0.39 is 11.7 Å². The third kappa shape index (κ3) is 2.99. The van der Waals surface area contributed by atoms with Gasteiger partial charge in [0, 0.05) is 18.5 Å². The molecule has 2 aromatic carbocycles. The van der Waals surface area contributed by atoms with Crippen LogP contribution >= 0.6 is 0 Å². The molecule has 0 amide bonds. The summed E-state index contributed by atoms with van der Waals surface area (Å²) in [6, 6.07) is 15.2. The van der Waals surface area contributed by atoms with E-state index in [9.17, 15) is 13.2 Å². The summed E-state index contributed by atoms with van der Waals surface area (Å²) in [4.78, 5) is 0. The Labute approximate surface area is 143 Å². The largest absolute Gasteiger partial charge is 0.416 e. The van der Waals surface area contributed by atoms with Crippen LogP contribution in [0.2, 0.25) is 0 Å². The fourth-order valence-electron chi connectivity index (χ4n) is 3.18. The highest BCUT2D eigenvalue weighted by Gasteiger charge is 2.31. The number of hydrogen-bond acceptors (Lipinski definition) is 2. The normalized spacial score (nSPS) is 13.6. The summed E-state index contributed by atoms with van der Waals surface area (Å²) < 4.78 is 40.6. The van der Waals surface area contributed by atoms with Crippen molar-refractivity contribution in [3.05, 3.63) is 77.0 Å². The molecule has 0 aliphatic carbocycles. The fraction of sp³-hybridized carbons (Fsp3) is 0.211. The molecule has 0 saturated heterocycles. The van der Waals surface area contributed by atoms with Gasteiger partial charge in [0.25, 0.3) is 0 Å². The molecule has 1 aromatic heterocycles. The molecule has 0 bridgehead atoms. The van der Waals surface area contributed by atoms with Crippen molar-refractivity contribution in [2.24, 2.45) is 0 Å². The van der Waals surface area contributed by atoms with E-state index in [2.05, 4.69) is 10.4 Å². The predicted octanol–water partition coefficient (Wildman–Crippen LogP) is 4.45. The van der Waals surface area contributed by atoms with Crippen LogP contribution < -0.4 is 5.32 Å². The number of hydrogen-bond donors (Lipinski definition) is 1. The molecule has 1 aliphatic rings. The zero-order chi connectivity index (χ0) is 17.4. The van der Waals surface area contributed by atoms with E-state index in [1.165, 1.54) is 6.07 Å². The van der Waals surface area contributed by atoms with Crippen molar-refractivity contribution in [2.45, 2.75) is 19.0 Å². The van der Waals surface area contributed by atoms with Crippen molar-refractivity contribution < 1.29 is 13.2 Å². The molecule has 0 unspecified atom stereocenters. The Balaban J connectivity index is 1.75. The smallest absolute Gasteiger partial charge is 0.369 e. The fourth-order valence-corrected chi connectivity index (χ4v) is 3.18. The maximum Gasteiger partial charge on any atom is 0.416 e. The number of aromatic nitrogens is 2. The number of anilines is 1. The highest BCUT2D eigenvalue weighted by atomic mass is 19.4. The molecule has 0 radical (unpaired) electrons. The Morgan fingerprint density at radius 3 is 2.60 bits per heavy atom. The third-order valence-corrected chi connectivity index (χ3v) is 4.37. The molecule has 0 fully saturated rings. The van der Waals surface area contributed by atoms with Gasteiger partial charge in [0.05, 0.1) is 16.9 Å². The Bertz CT molecular complexity index is 898. The Hall–Kier alpha value is -2.76. The van der Waals surface area contributed by atoms with E-state index in [-0.39, 0.29) is 0 Å². The average Bonchev–Trinajstić information content (AvgIpc) is 3.19. The number of alkyl halides is 3. The van der Waals surface area contributed by atoms with Gasteiger partial charge in [-0.15, -0.1) is 0 Å². The summed E-state index contributed by atoms with van der Waals surface area (Å²) in [5, 5.41) is 7.86. The van der Waals surface area contributed by atoms with E-state index in [0.29, 0.717) is 12.1 Å². The molecule has 2 heterocycles. The van der Waals surface area contributed by atoms with Gasteiger partial charge in [-0.05, 0) is 30.2 Å². The molecule has 4 rings (SSSR count).